The van der Waals surface area contributed by atoms with Gasteiger partial charge in [-0.25, -0.2) is 9.97 Å². The molecule has 0 radical (unpaired) electrons. The number of para-hydroxylation sites is 2. The van der Waals surface area contributed by atoms with Crippen molar-refractivity contribution in [2.45, 2.75) is 19.8 Å². The number of hydrogen-bond acceptors (Lipinski definition) is 5. The Hall–Kier alpha value is -3.03. The first-order chi connectivity index (χ1) is 14.2. The van der Waals surface area contributed by atoms with E-state index in [1.165, 1.54) is 11.3 Å². The molecule has 1 amide bonds. The van der Waals surface area contributed by atoms with Gasteiger partial charge >= 0.3 is 0 Å². The lowest BCUT2D eigenvalue weighted by Crippen LogP contribution is -2.12. The normalized spacial score (nSPS) is 11.3. The number of thiazole rings is 2. The van der Waals surface area contributed by atoms with E-state index in [1.54, 1.807) is 11.3 Å². The highest BCUT2D eigenvalue weighted by atomic mass is 32.1. The molecule has 29 heavy (non-hydrogen) atoms. The molecule has 0 bridgehead atoms. The summed E-state index contributed by atoms with van der Waals surface area (Å²) in [7, 11) is 0. The molecule has 2 aromatic carbocycles. The number of nitrogens with one attached hydrogen (secondary N) is 2. The van der Waals surface area contributed by atoms with Crippen molar-refractivity contribution in [3.05, 3.63) is 64.6 Å². The van der Waals surface area contributed by atoms with Gasteiger partial charge in [0, 0.05) is 40.4 Å². The zero-order valence-corrected chi connectivity index (χ0v) is 17.4. The molecule has 0 saturated carbocycles. The molecule has 5 aromatic rings. The Morgan fingerprint density at radius 2 is 1.93 bits per heavy atom. The van der Waals surface area contributed by atoms with Crippen molar-refractivity contribution < 1.29 is 4.79 Å². The molecule has 0 atom stereocenters. The van der Waals surface area contributed by atoms with E-state index in [2.05, 4.69) is 38.5 Å². The van der Waals surface area contributed by atoms with Gasteiger partial charge in [-0.15, -0.1) is 22.7 Å². The van der Waals surface area contributed by atoms with E-state index in [1.807, 2.05) is 42.6 Å². The van der Waals surface area contributed by atoms with Gasteiger partial charge in [0.2, 0.25) is 5.91 Å². The van der Waals surface area contributed by atoms with Crippen LogP contribution in [0.25, 0.3) is 32.4 Å². The van der Waals surface area contributed by atoms with E-state index in [0.717, 1.165) is 43.1 Å². The summed E-state index contributed by atoms with van der Waals surface area (Å²) in [5.41, 5.74) is 5.13. The number of rotatable bonds is 5. The summed E-state index contributed by atoms with van der Waals surface area (Å²) < 4.78 is 1.15. The second-order valence-corrected chi connectivity index (χ2v) is 8.81. The molecule has 5 rings (SSSR count). The van der Waals surface area contributed by atoms with Crippen LogP contribution in [0, 0.1) is 6.92 Å². The number of anilines is 1. The summed E-state index contributed by atoms with van der Waals surface area (Å²) in [5, 5.41) is 7.67. The van der Waals surface area contributed by atoms with Crippen LogP contribution in [0.15, 0.2) is 53.9 Å². The third-order valence-electron chi connectivity index (χ3n) is 4.80. The number of amides is 1. The largest absolute Gasteiger partial charge is 0.358 e. The molecule has 0 aliphatic heterocycles. The highest BCUT2D eigenvalue weighted by Crippen LogP contribution is 2.34. The van der Waals surface area contributed by atoms with Gasteiger partial charge in [-0.3, -0.25) is 4.79 Å². The Bertz CT molecular complexity index is 1300. The smallest absolute Gasteiger partial charge is 0.226 e. The first-order valence-electron chi connectivity index (χ1n) is 9.35. The topological polar surface area (TPSA) is 70.7 Å². The number of aromatic nitrogens is 3. The van der Waals surface area contributed by atoms with Crippen molar-refractivity contribution in [2.75, 3.05) is 5.32 Å². The van der Waals surface area contributed by atoms with Crippen LogP contribution in [-0.4, -0.2) is 20.9 Å². The molecule has 2 N–H and O–H groups in total. The Balaban J connectivity index is 1.28. The van der Waals surface area contributed by atoms with Gasteiger partial charge in [0.05, 0.1) is 20.9 Å². The number of benzene rings is 2. The van der Waals surface area contributed by atoms with E-state index < -0.39 is 0 Å². The summed E-state index contributed by atoms with van der Waals surface area (Å²) in [4.78, 5) is 25.0. The minimum Gasteiger partial charge on any atom is -0.358 e. The van der Waals surface area contributed by atoms with Gasteiger partial charge in [0.15, 0.2) is 5.13 Å². The number of aromatic amines is 1. The van der Waals surface area contributed by atoms with Crippen LogP contribution in [0.3, 0.4) is 0 Å². The molecule has 0 fully saturated rings. The molecule has 0 unspecified atom stereocenters. The number of carbonyl (C=O) groups is 1. The molecule has 0 spiro atoms. The van der Waals surface area contributed by atoms with Crippen LogP contribution in [-0.2, 0) is 11.2 Å². The van der Waals surface area contributed by atoms with E-state index in [4.69, 9.17) is 0 Å². The van der Waals surface area contributed by atoms with Gasteiger partial charge in [-0.1, -0.05) is 30.3 Å². The standard InChI is InChI=1S/C22H18N4OS2/c1-13-21(14-6-2-3-7-15(14)23-13)17-12-28-22(25-17)26-19(27)10-11-20-24-16-8-4-5-9-18(16)29-20/h2-9,12,23H,10-11H2,1H3,(H,25,26,27). The maximum Gasteiger partial charge on any atom is 0.226 e. The summed E-state index contributed by atoms with van der Waals surface area (Å²) in [6.07, 6.45) is 1.02. The van der Waals surface area contributed by atoms with Gasteiger partial charge in [0.1, 0.15) is 0 Å². The average Bonchev–Trinajstić information content (AvgIpc) is 3.41. The maximum atomic E-state index is 12.4. The van der Waals surface area contributed by atoms with Crippen LogP contribution in [0.1, 0.15) is 17.1 Å². The SMILES string of the molecule is Cc1[nH]c2ccccc2c1-c1csc(NC(=O)CCc2nc3ccccc3s2)n1. The van der Waals surface area contributed by atoms with Crippen LogP contribution >= 0.6 is 22.7 Å². The van der Waals surface area contributed by atoms with E-state index in [0.29, 0.717) is 18.0 Å². The predicted octanol–water partition coefficient (Wildman–Crippen LogP) is 5.78. The number of carbonyl (C=O) groups excluding carboxylic acids is 1. The number of aryl methyl sites for hydroxylation is 2. The van der Waals surface area contributed by atoms with E-state index in [-0.39, 0.29) is 5.91 Å². The first-order valence-corrected chi connectivity index (χ1v) is 11.0. The Morgan fingerprint density at radius 3 is 2.83 bits per heavy atom. The molecular formula is C22H18N4OS2. The fraction of sp³-hybridized carbons (Fsp3) is 0.136. The molecular weight excluding hydrogens is 400 g/mol. The average molecular weight is 419 g/mol. The molecule has 3 aromatic heterocycles. The van der Waals surface area contributed by atoms with Crippen molar-refractivity contribution in [2.24, 2.45) is 0 Å². The van der Waals surface area contributed by atoms with Crippen LogP contribution in [0.5, 0.6) is 0 Å². The number of nitrogens with zero attached hydrogens (tertiary/aromatic N) is 2. The van der Waals surface area contributed by atoms with Gasteiger partial charge in [-0.2, -0.15) is 0 Å². The number of fused-ring (bicyclic) bond motifs is 2. The predicted molar refractivity (Wildman–Crippen MR) is 121 cm³/mol. The Kier molecular flexibility index (Phi) is 4.61. The summed E-state index contributed by atoms with van der Waals surface area (Å²) in [5.74, 6) is -0.0409. The summed E-state index contributed by atoms with van der Waals surface area (Å²) in [6.45, 7) is 2.05. The molecule has 3 heterocycles. The molecule has 5 nitrogen and oxygen atoms in total. The van der Waals surface area contributed by atoms with Crippen LogP contribution < -0.4 is 5.32 Å². The van der Waals surface area contributed by atoms with Crippen LogP contribution in [0.4, 0.5) is 5.13 Å². The van der Waals surface area contributed by atoms with E-state index >= 15 is 0 Å². The Morgan fingerprint density at radius 1 is 1.10 bits per heavy atom. The van der Waals surface area contributed by atoms with Crippen molar-refractivity contribution in [1.82, 2.24) is 15.0 Å². The van der Waals surface area contributed by atoms with Crippen molar-refractivity contribution in [3.63, 3.8) is 0 Å². The second kappa shape index (κ2) is 7.42. The highest BCUT2D eigenvalue weighted by molar-refractivity contribution is 7.18. The number of hydrogen-bond donors (Lipinski definition) is 2. The third kappa shape index (κ3) is 3.54. The molecule has 0 aliphatic rings. The zero-order valence-electron chi connectivity index (χ0n) is 15.7. The lowest BCUT2D eigenvalue weighted by atomic mass is 10.1. The van der Waals surface area contributed by atoms with Crippen molar-refractivity contribution in [1.29, 1.82) is 0 Å². The van der Waals surface area contributed by atoms with Gasteiger partial charge in [0.25, 0.3) is 0 Å². The zero-order chi connectivity index (χ0) is 19.8. The quantitative estimate of drug-likeness (QED) is 0.380. The summed E-state index contributed by atoms with van der Waals surface area (Å²) >= 11 is 3.09. The van der Waals surface area contributed by atoms with Gasteiger partial charge < -0.3 is 10.3 Å². The van der Waals surface area contributed by atoms with Gasteiger partial charge in [-0.05, 0) is 25.1 Å². The maximum absolute atomic E-state index is 12.4. The van der Waals surface area contributed by atoms with E-state index in [9.17, 15) is 4.79 Å². The Labute approximate surface area is 175 Å². The minimum atomic E-state index is -0.0409. The lowest BCUT2D eigenvalue weighted by Gasteiger charge is -2.00. The molecule has 0 saturated heterocycles. The minimum absolute atomic E-state index is 0.0409. The van der Waals surface area contributed by atoms with Crippen molar-refractivity contribution in [3.8, 4) is 11.3 Å². The molecule has 0 aliphatic carbocycles. The molecule has 7 heteroatoms. The fourth-order valence-electron chi connectivity index (χ4n) is 3.48. The molecule has 144 valence electrons. The fourth-order valence-corrected chi connectivity index (χ4v) is 5.17. The monoisotopic (exact) mass is 418 g/mol. The van der Waals surface area contributed by atoms with Crippen LogP contribution in [0.2, 0.25) is 0 Å². The first kappa shape index (κ1) is 18.0. The lowest BCUT2D eigenvalue weighted by molar-refractivity contribution is -0.116. The second-order valence-electron chi connectivity index (χ2n) is 6.83. The highest BCUT2D eigenvalue weighted by Gasteiger charge is 2.15. The third-order valence-corrected chi connectivity index (χ3v) is 6.66. The van der Waals surface area contributed by atoms with Crippen molar-refractivity contribution >= 4 is 54.8 Å². The summed E-state index contributed by atoms with van der Waals surface area (Å²) in [6, 6.07) is 16.2. The number of H-pyrrole nitrogens is 1.